The van der Waals surface area contributed by atoms with E-state index in [2.05, 4.69) is 21.2 Å². The number of hydrogen-bond donors (Lipinski definition) is 1. The fourth-order valence-corrected chi connectivity index (χ4v) is 4.86. The Hall–Kier alpha value is -3.31. The maximum atomic E-state index is 12.9. The minimum Gasteiger partial charge on any atom is -0.490 e. The topological polar surface area (TPSA) is 111 Å². The molecule has 0 spiro atoms. The fraction of sp³-hybridized carbons (Fsp3) is 0.308. The summed E-state index contributed by atoms with van der Waals surface area (Å²) in [6.07, 6.45) is 1.53. The van der Waals surface area contributed by atoms with Gasteiger partial charge in [0.15, 0.2) is 18.1 Å². The number of ether oxygens (including phenoxy) is 3. The van der Waals surface area contributed by atoms with Crippen LogP contribution >= 0.6 is 27.7 Å². The zero-order chi connectivity index (χ0) is 27.1. The summed E-state index contributed by atoms with van der Waals surface area (Å²) in [5.41, 5.74) is 2.30. The molecular formula is C26H27BrN2O7S. The second kappa shape index (κ2) is 12.8. The van der Waals surface area contributed by atoms with E-state index in [-0.39, 0.29) is 24.0 Å². The molecule has 0 aromatic heterocycles. The molecule has 0 aliphatic carbocycles. The molecule has 2 aromatic rings. The van der Waals surface area contributed by atoms with Gasteiger partial charge in [0, 0.05) is 5.69 Å². The summed E-state index contributed by atoms with van der Waals surface area (Å²) >= 11 is 4.18. The third-order valence-corrected chi connectivity index (χ3v) is 6.62. The highest BCUT2D eigenvalue weighted by Crippen LogP contribution is 2.39. The van der Waals surface area contributed by atoms with Gasteiger partial charge in [-0.15, -0.1) is 0 Å². The molecule has 0 saturated carbocycles. The first-order chi connectivity index (χ1) is 17.6. The monoisotopic (exact) mass is 590 g/mol. The summed E-state index contributed by atoms with van der Waals surface area (Å²) in [5, 5.41) is 2.21. The van der Waals surface area contributed by atoms with Crippen LogP contribution in [0.2, 0.25) is 0 Å². The first kappa shape index (κ1) is 28.3. The Morgan fingerprint density at radius 2 is 1.81 bits per heavy atom. The summed E-state index contributed by atoms with van der Waals surface area (Å²) in [5.74, 6) is -0.905. The summed E-state index contributed by atoms with van der Waals surface area (Å²) in [7, 11) is 0. The minimum atomic E-state index is -1.04. The lowest BCUT2D eigenvalue weighted by Gasteiger charge is -2.19. The smallest absolute Gasteiger partial charge is 0.329 e. The minimum absolute atomic E-state index is 0.144. The van der Waals surface area contributed by atoms with E-state index in [1.807, 2.05) is 19.1 Å². The molecule has 1 fully saturated rings. The van der Waals surface area contributed by atoms with Gasteiger partial charge in [-0.1, -0.05) is 17.7 Å². The standard InChI is InChI=1S/C26H27BrN2O7S/c1-5-34-20-12-17(13-21-24(31)29(26(33)37-21)16(4)25(32)35-6-2)11-19(27)23(20)36-14-22(30)28-18-9-7-15(3)8-10-18/h7-13,16H,5-6,14H2,1-4H3,(H,28,30)/b21-13+/t16-/m0/s1. The van der Waals surface area contributed by atoms with Crippen LogP contribution in [0.3, 0.4) is 0 Å². The lowest BCUT2D eigenvalue weighted by molar-refractivity contribution is -0.150. The van der Waals surface area contributed by atoms with E-state index in [0.29, 0.717) is 33.8 Å². The van der Waals surface area contributed by atoms with E-state index in [1.165, 1.54) is 13.0 Å². The Bertz CT molecular complexity index is 1230. The van der Waals surface area contributed by atoms with Gasteiger partial charge in [0.2, 0.25) is 0 Å². The van der Waals surface area contributed by atoms with E-state index >= 15 is 0 Å². The summed E-state index contributed by atoms with van der Waals surface area (Å²) in [4.78, 5) is 50.8. The van der Waals surface area contributed by atoms with Crippen molar-refractivity contribution in [2.24, 2.45) is 0 Å². The highest BCUT2D eigenvalue weighted by molar-refractivity contribution is 9.10. The summed E-state index contributed by atoms with van der Waals surface area (Å²) in [6, 6.07) is 9.68. The number of aryl methyl sites for hydroxylation is 1. The molecule has 196 valence electrons. The van der Waals surface area contributed by atoms with Gasteiger partial charge < -0.3 is 19.5 Å². The van der Waals surface area contributed by atoms with Crippen LogP contribution in [-0.4, -0.2) is 53.8 Å². The van der Waals surface area contributed by atoms with E-state index in [0.717, 1.165) is 22.2 Å². The number of benzene rings is 2. The molecule has 37 heavy (non-hydrogen) atoms. The number of nitrogens with one attached hydrogen (secondary N) is 1. The summed E-state index contributed by atoms with van der Waals surface area (Å²) < 4.78 is 16.9. The lowest BCUT2D eigenvalue weighted by Crippen LogP contribution is -2.42. The van der Waals surface area contributed by atoms with Crippen molar-refractivity contribution in [3.05, 3.63) is 56.9 Å². The van der Waals surface area contributed by atoms with Crippen molar-refractivity contribution in [1.82, 2.24) is 4.90 Å². The average molecular weight is 591 g/mol. The van der Waals surface area contributed by atoms with E-state index in [9.17, 15) is 19.2 Å². The van der Waals surface area contributed by atoms with E-state index in [4.69, 9.17) is 14.2 Å². The van der Waals surface area contributed by atoms with Gasteiger partial charge in [-0.25, -0.2) is 4.79 Å². The van der Waals surface area contributed by atoms with Gasteiger partial charge >= 0.3 is 5.97 Å². The Morgan fingerprint density at radius 1 is 1.11 bits per heavy atom. The molecule has 1 N–H and O–H groups in total. The predicted octanol–water partition coefficient (Wildman–Crippen LogP) is 5.16. The van der Waals surface area contributed by atoms with Gasteiger partial charge in [-0.3, -0.25) is 19.3 Å². The van der Waals surface area contributed by atoms with Crippen molar-refractivity contribution in [2.75, 3.05) is 25.1 Å². The van der Waals surface area contributed by atoms with Crippen molar-refractivity contribution >= 4 is 62.5 Å². The first-order valence-corrected chi connectivity index (χ1v) is 13.1. The molecule has 2 aromatic carbocycles. The largest absolute Gasteiger partial charge is 0.490 e. The second-order valence-corrected chi connectivity index (χ2v) is 9.79. The molecule has 1 aliphatic rings. The van der Waals surface area contributed by atoms with Crippen LogP contribution in [0.5, 0.6) is 11.5 Å². The van der Waals surface area contributed by atoms with Gasteiger partial charge in [0.05, 0.1) is 22.6 Å². The molecule has 3 amide bonds. The lowest BCUT2D eigenvalue weighted by atomic mass is 10.1. The molecule has 11 heteroatoms. The third-order valence-electron chi connectivity index (χ3n) is 5.15. The molecule has 0 bridgehead atoms. The number of nitrogens with zero attached hydrogens (tertiary/aromatic N) is 1. The van der Waals surface area contributed by atoms with Crippen LogP contribution in [0.15, 0.2) is 45.8 Å². The molecule has 1 saturated heterocycles. The number of hydrogen-bond acceptors (Lipinski definition) is 8. The van der Waals surface area contributed by atoms with Crippen molar-refractivity contribution < 1.29 is 33.4 Å². The molecule has 1 atom stereocenters. The molecule has 0 radical (unpaired) electrons. The van der Waals surface area contributed by atoms with Gasteiger partial charge in [0.1, 0.15) is 6.04 Å². The Labute approximate surface area is 227 Å². The van der Waals surface area contributed by atoms with Gasteiger partial charge in [-0.05, 0) is 91.3 Å². The number of esters is 1. The second-order valence-electron chi connectivity index (χ2n) is 7.95. The maximum absolute atomic E-state index is 12.9. The average Bonchev–Trinajstić information content (AvgIpc) is 3.12. The van der Waals surface area contributed by atoms with Crippen molar-refractivity contribution in [1.29, 1.82) is 0 Å². The number of amides is 3. The molecule has 3 rings (SSSR count). The van der Waals surface area contributed by atoms with Crippen LogP contribution in [0.25, 0.3) is 6.08 Å². The number of carbonyl (C=O) groups excluding carboxylic acids is 4. The SMILES string of the molecule is CCOC(=O)[C@H](C)N1C(=O)S/C(=C/c2cc(Br)c(OCC(=O)Nc3ccc(C)cc3)c(OCC)c2)C1=O. The van der Waals surface area contributed by atoms with Crippen LogP contribution in [-0.2, 0) is 19.1 Å². The predicted molar refractivity (Wildman–Crippen MR) is 145 cm³/mol. The number of thioether (sulfide) groups is 1. The Kier molecular flexibility index (Phi) is 9.76. The number of rotatable bonds is 10. The number of halogens is 1. The van der Waals surface area contributed by atoms with Crippen LogP contribution in [0.1, 0.15) is 31.9 Å². The molecule has 0 unspecified atom stereocenters. The zero-order valence-electron chi connectivity index (χ0n) is 20.8. The highest BCUT2D eigenvalue weighted by atomic mass is 79.9. The van der Waals surface area contributed by atoms with Gasteiger partial charge in [0.25, 0.3) is 17.1 Å². The number of imide groups is 1. The van der Waals surface area contributed by atoms with E-state index < -0.39 is 23.2 Å². The van der Waals surface area contributed by atoms with Crippen LogP contribution < -0.4 is 14.8 Å². The first-order valence-electron chi connectivity index (χ1n) is 11.5. The van der Waals surface area contributed by atoms with Crippen molar-refractivity contribution in [3.8, 4) is 11.5 Å². The summed E-state index contributed by atoms with van der Waals surface area (Å²) in [6.45, 7) is 7.08. The molecular weight excluding hydrogens is 564 g/mol. The van der Waals surface area contributed by atoms with Crippen LogP contribution in [0, 0.1) is 6.92 Å². The molecule has 9 nitrogen and oxygen atoms in total. The molecule has 1 aliphatic heterocycles. The Balaban J connectivity index is 1.77. The molecule has 1 heterocycles. The Morgan fingerprint density at radius 3 is 2.46 bits per heavy atom. The zero-order valence-corrected chi connectivity index (χ0v) is 23.2. The maximum Gasteiger partial charge on any atom is 0.329 e. The van der Waals surface area contributed by atoms with Gasteiger partial charge in [-0.2, -0.15) is 0 Å². The third kappa shape index (κ3) is 7.14. The van der Waals surface area contributed by atoms with Crippen molar-refractivity contribution in [2.45, 2.75) is 33.7 Å². The van der Waals surface area contributed by atoms with Crippen LogP contribution in [0.4, 0.5) is 10.5 Å². The quantitative estimate of drug-likeness (QED) is 0.298. The highest BCUT2D eigenvalue weighted by Gasteiger charge is 2.41. The number of carbonyl (C=O) groups is 4. The normalized spacial score (nSPS) is 15.1. The van der Waals surface area contributed by atoms with E-state index in [1.54, 1.807) is 38.1 Å². The number of anilines is 1. The fourth-order valence-electron chi connectivity index (χ4n) is 3.38. The van der Waals surface area contributed by atoms with Crippen molar-refractivity contribution in [3.63, 3.8) is 0 Å².